The highest BCUT2D eigenvalue weighted by Gasteiger charge is 2.36. The Kier molecular flexibility index (Phi) is 7.44. The van der Waals surface area contributed by atoms with Gasteiger partial charge in [0.15, 0.2) is 0 Å². The molecule has 0 spiro atoms. The Hall–Kier alpha value is -4.14. The van der Waals surface area contributed by atoms with Crippen LogP contribution in [0.15, 0.2) is 89.8 Å². The first-order valence-corrected chi connectivity index (χ1v) is 12.8. The molecule has 9 heteroatoms. The van der Waals surface area contributed by atoms with Gasteiger partial charge in [-0.3, -0.25) is 19.3 Å². The van der Waals surface area contributed by atoms with E-state index in [-0.39, 0.29) is 4.91 Å². The third kappa shape index (κ3) is 5.72. The number of carbonyl (C=O) groups excluding carboxylic acids is 3. The predicted octanol–water partition coefficient (Wildman–Crippen LogP) is 6.89. The van der Waals surface area contributed by atoms with Crippen molar-refractivity contribution in [1.82, 2.24) is 4.90 Å². The summed E-state index contributed by atoms with van der Waals surface area (Å²) in [7, 11) is 0. The van der Waals surface area contributed by atoms with E-state index in [2.05, 4.69) is 5.32 Å². The fraction of sp³-hybridized carbons (Fsp3) is 0.0690. The number of carbonyl (C=O) groups is 3. The van der Waals surface area contributed by atoms with Gasteiger partial charge in [-0.15, -0.1) is 0 Å². The zero-order valence-corrected chi connectivity index (χ0v) is 21.4. The molecule has 1 aliphatic heterocycles. The maximum Gasteiger partial charge on any atom is 0.294 e. The second kappa shape index (κ2) is 11.1. The van der Waals surface area contributed by atoms with Gasteiger partial charge in [-0.25, -0.2) is 4.39 Å². The highest BCUT2D eigenvalue weighted by Crippen LogP contribution is 2.34. The monoisotopic (exact) mass is 546 g/mol. The van der Waals surface area contributed by atoms with E-state index in [0.29, 0.717) is 28.6 Å². The fourth-order valence-corrected chi connectivity index (χ4v) is 5.04. The predicted molar refractivity (Wildman–Crippen MR) is 147 cm³/mol. The summed E-state index contributed by atoms with van der Waals surface area (Å²) in [6.45, 7) is -0.125. The lowest BCUT2D eigenvalue weighted by molar-refractivity contribution is -0.127. The number of rotatable bonds is 7. The average Bonchev–Trinajstić information content (AvgIpc) is 3.16. The van der Waals surface area contributed by atoms with Crippen LogP contribution in [-0.2, 0) is 16.2 Å². The first-order valence-electron chi connectivity index (χ1n) is 11.6. The molecule has 0 bridgehead atoms. The zero-order chi connectivity index (χ0) is 26.6. The van der Waals surface area contributed by atoms with Crippen molar-refractivity contribution in [1.29, 1.82) is 0 Å². The molecule has 0 atom stereocenters. The van der Waals surface area contributed by atoms with Crippen molar-refractivity contribution in [3.05, 3.63) is 112 Å². The van der Waals surface area contributed by atoms with Gasteiger partial charge in [-0.05, 0) is 76.1 Å². The number of nitrogens with zero attached hydrogens (tertiary/aromatic N) is 1. The number of fused-ring (bicyclic) bond motifs is 1. The number of amides is 3. The van der Waals surface area contributed by atoms with Gasteiger partial charge in [0, 0.05) is 5.69 Å². The fourth-order valence-electron chi connectivity index (χ4n) is 3.96. The molecule has 0 unspecified atom stereocenters. The van der Waals surface area contributed by atoms with Crippen molar-refractivity contribution in [2.75, 3.05) is 11.9 Å². The van der Waals surface area contributed by atoms with Crippen LogP contribution in [0.5, 0.6) is 5.75 Å². The molecule has 4 aromatic rings. The molecular weight excluding hydrogens is 527 g/mol. The normalized spacial score (nSPS) is 14.4. The van der Waals surface area contributed by atoms with Gasteiger partial charge in [-0.2, -0.15) is 0 Å². The standard InChI is InChI=1S/C29H20ClFN2O4S/c30-24-14-18(8-13-25(24)37-17-20-6-3-5-19-4-1-2-7-23(19)20)15-26-28(35)33(29(36)38-26)16-27(34)32-22-11-9-21(31)10-12-22/h1-15H,16-17H2,(H,32,34)/b26-15-. The van der Waals surface area contributed by atoms with Crippen LogP contribution in [0, 0.1) is 5.82 Å². The minimum absolute atomic E-state index is 0.171. The lowest BCUT2D eigenvalue weighted by Crippen LogP contribution is -2.36. The summed E-state index contributed by atoms with van der Waals surface area (Å²) in [5.41, 5.74) is 1.99. The van der Waals surface area contributed by atoms with E-state index in [9.17, 15) is 18.8 Å². The van der Waals surface area contributed by atoms with Crippen LogP contribution in [0.2, 0.25) is 5.02 Å². The van der Waals surface area contributed by atoms with E-state index in [0.717, 1.165) is 33.0 Å². The van der Waals surface area contributed by atoms with E-state index in [4.69, 9.17) is 16.3 Å². The molecule has 1 fully saturated rings. The van der Waals surface area contributed by atoms with Crippen molar-refractivity contribution < 1.29 is 23.5 Å². The van der Waals surface area contributed by atoms with Crippen LogP contribution in [0.25, 0.3) is 16.8 Å². The van der Waals surface area contributed by atoms with Gasteiger partial charge in [0.05, 0.1) is 9.93 Å². The molecule has 38 heavy (non-hydrogen) atoms. The van der Waals surface area contributed by atoms with Gasteiger partial charge < -0.3 is 10.1 Å². The number of imide groups is 1. The number of anilines is 1. The van der Waals surface area contributed by atoms with Crippen LogP contribution >= 0.6 is 23.4 Å². The molecule has 0 radical (unpaired) electrons. The molecule has 0 aromatic heterocycles. The second-order valence-corrected chi connectivity index (χ2v) is 9.84. The summed E-state index contributed by atoms with van der Waals surface area (Å²) >= 11 is 7.19. The number of thioether (sulfide) groups is 1. The van der Waals surface area contributed by atoms with Gasteiger partial charge in [0.1, 0.15) is 24.7 Å². The van der Waals surface area contributed by atoms with Gasteiger partial charge in [-0.1, -0.05) is 60.1 Å². The van der Waals surface area contributed by atoms with Crippen molar-refractivity contribution in [3.63, 3.8) is 0 Å². The number of hydrogen-bond acceptors (Lipinski definition) is 5. The van der Waals surface area contributed by atoms with Gasteiger partial charge in [0.2, 0.25) is 5.91 Å². The summed E-state index contributed by atoms with van der Waals surface area (Å²) in [4.78, 5) is 38.6. The minimum Gasteiger partial charge on any atom is -0.487 e. The number of halogens is 2. The quantitative estimate of drug-likeness (QED) is 0.256. The van der Waals surface area contributed by atoms with E-state index < -0.39 is 29.4 Å². The van der Waals surface area contributed by atoms with E-state index >= 15 is 0 Å². The summed E-state index contributed by atoms with van der Waals surface area (Å²) < 4.78 is 19.0. The molecule has 3 amide bonds. The van der Waals surface area contributed by atoms with Crippen LogP contribution in [0.1, 0.15) is 11.1 Å². The van der Waals surface area contributed by atoms with Crippen LogP contribution in [0.4, 0.5) is 14.9 Å². The molecule has 0 saturated carbocycles. The molecule has 190 valence electrons. The largest absolute Gasteiger partial charge is 0.487 e. The SMILES string of the molecule is O=C(CN1C(=O)S/C(=C\c2ccc(OCc3cccc4ccccc34)c(Cl)c2)C1=O)Nc1ccc(F)cc1. The van der Waals surface area contributed by atoms with Crippen molar-refractivity contribution in [2.45, 2.75) is 6.61 Å². The maximum absolute atomic E-state index is 13.0. The first-order chi connectivity index (χ1) is 18.4. The maximum atomic E-state index is 13.0. The number of ether oxygens (including phenoxy) is 1. The molecule has 1 heterocycles. The lowest BCUT2D eigenvalue weighted by atomic mass is 10.1. The van der Waals surface area contributed by atoms with E-state index in [1.807, 2.05) is 42.5 Å². The first kappa shape index (κ1) is 25.5. The van der Waals surface area contributed by atoms with E-state index in [1.165, 1.54) is 24.3 Å². The smallest absolute Gasteiger partial charge is 0.294 e. The number of nitrogens with one attached hydrogen (secondary N) is 1. The highest BCUT2D eigenvalue weighted by molar-refractivity contribution is 8.18. The summed E-state index contributed by atoms with van der Waals surface area (Å²) in [5, 5.41) is 4.56. The van der Waals surface area contributed by atoms with E-state index in [1.54, 1.807) is 24.3 Å². The van der Waals surface area contributed by atoms with Crippen LogP contribution in [0.3, 0.4) is 0 Å². The third-order valence-electron chi connectivity index (χ3n) is 5.82. The highest BCUT2D eigenvalue weighted by atomic mass is 35.5. The molecule has 1 aliphatic rings. The molecule has 6 nitrogen and oxygen atoms in total. The van der Waals surface area contributed by atoms with Crippen LogP contribution in [-0.4, -0.2) is 28.5 Å². The van der Waals surface area contributed by atoms with Crippen molar-refractivity contribution in [3.8, 4) is 5.75 Å². The number of benzene rings is 4. The zero-order valence-electron chi connectivity index (χ0n) is 19.8. The second-order valence-electron chi connectivity index (χ2n) is 8.44. The average molecular weight is 547 g/mol. The topological polar surface area (TPSA) is 75.7 Å². The Morgan fingerprint density at radius 3 is 2.55 bits per heavy atom. The Morgan fingerprint density at radius 2 is 1.76 bits per heavy atom. The van der Waals surface area contributed by atoms with Crippen molar-refractivity contribution in [2.24, 2.45) is 0 Å². The minimum atomic E-state index is -0.582. The third-order valence-corrected chi connectivity index (χ3v) is 7.02. The Labute approximate surface area is 227 Å². The molecule has 5 rings (SSSR count). The molecule has 0 aliphatic carbocycles. The molecule has 1 N–H and O–H groups in total. The Morgan fingerprint density at radius 1 is 1.00 bits per heavy atom. The van der Waals surface area contributed by atoms with Gasteiger partial charge in [0.25, 0.3) is 11.1 Å². The van der Waals surface area contributed by atoms with Gasteiger partial charge >= 0.3 is 0 Å². The van der Waals surface area contributed by atoms with Crippen molar-refractivity contribution >= 4 is 63.0 Å². The lowest BCUT2D eigenvalue weighted by Gasteiger charge is -2.12. The Balaban J connectivity index is 1.24. The molecule has 1 saturated heterocycles. The molecular formula is C29H20ClFN2O4S. The summed E-state index contributed by atoms with van der Waals surface area (Å²) in [5.74, 6) is -1.11. The van der Waals surface area contributed by atoms with Crippen LogP contribution < -0.4 is 10.1 Å². The Bertz CT molecular complexity index is 1580. The molecule has 4 aromatic carbocycles. The number of hydrogen-bond donors (Lipinski definition) is 1. The summed E-state index contributed by atoms with van der Waals surface area (Å²) in [6, 6.07) is 24.3. The summed E-state index contributed by atoms with van der Waals surface area (Å²) in [6.07, 6.45) is 1.54.